The number of hydrogen-bond donors (Lipinski definition) is 2. The summed E-state index contributed by atoms with van der Waals surface area (Å²) in [6.07, 6.45) is 0.733. The van der Waals surface area contributed by atoms with E-state index in [4.69, 9.17) is 4.74 Å². The summed E-state index contributed by atoms with van der Waals surface area (Å²) in [4.78, 5) is 12.5. The first-order valence-electron chi connectivity index (χ1n) is 7.18. The zero-order valence-electron chi connectivity index (χ0n) is 11.5. The normalized spacial score (nSPS) is 21.9. The van der Waals surface area contributed by atoms with Crippen molar-refractivity contribution in [2.45, 2.75) is 18.5 Å². The molecule has 2 N–H and O–H groups in total. The van der Waals surface area contributed by atoms with E-state index >= 15 is 0 Å². The summed E-state index contributed by atoms with van der Waals surface area (Å²) in [7, 11) is 0. The number of ether oxygens (including phenoxy) is 1. The number of fused-ring (bicyclic) bond motifs is 2. The van der Waals surface area contributed by atoms with E-state index in [1.54, 1.807) is 0 Å². The van der Waals surface area contributed by atoms with Crippen LogP contribution in [0.1, 0.15) is 17.2 Å². The molecule has 0 radical (unpaired) electrons. The van der Waals surface area contributed by atoms with Crippen molar-refractivity contribution in [1.82, 2.24) is 5.32 Å². The summed E-state index contributed by atoms with van der Waals surface area (Å²) in [6, 6.07) is 15.6. The van der Waals surface area contributed by atoms with Crippen molar-refractivity contribution in [1.29, 1.82) is 0 Å². The largest absolute Gasteiger partial charge is 0.491 e. The van der Waals surface area contributed by atoms with Gasteiger partial charge in [0.2, 0.25) is 5.91 Å². The van der Waals surface area contributed by atoms with Gasteiger partial charge in [-0.1, -0.05) is 36.4 Å². The van der Waals surface area contributed by atoms with Crippen LogP contribution in [0.5, 0.6) is 5.75 Å². The first kappa shape index (κ1) is 12.3. The molecule has 106 valence electrons. The molecule has 2 aromatic carbocycles. The Morgan fingerprint density at radius 3 is 2.86 bits per heavy atom. The lowest BCUT2D eigenvalue weighted by atomic mass is 10.1. The molecule has 21 heavy (non-hydrogen) atoms. The zero-order valence-corrected chi connectivity index (χ0v) is 11.5. The second-order valence-corrected chi connectivity index (χ2v) is 5.47. The number of rotatable bonds is 2. The monoisotopic (exact) mass is 280 g/mol. The number of hydrogen-bond acceptors (Lipinski definition) is 3. The van der Waals surface area contributed by atoms with Crippen molar-refractivity contribution in [3.05, 3.63) is 59.7 Å². The van der Waals surface area contributed by atoms with Crippen molar-refractivity contribution in [2.75, 3.05) is 11.9 Å². The highest BCUT2D eigenvalue weighted by Gasteiger charge is 2.31. The lowest BCUT2D eigenvalue weighted by Gasteiger charge is -2.16. The Morgan fingerprint density at radius 1 is 1.14 bits per heavy atom. The van der Waals surface area contributed by atoms with Gasteiger partial charge < -0.3 is 15.4 Å². The summed E-state index contributed by atoms with van der Waals surface area (Å²) >= 11 is 0. The summed E-state index contributed by atoms with van der Waals surface area (Å²) in [5.74, 6) is 0.891. The molecule has 2 unspecified atom stereocenters. The molecule has 4 rings (SSSR count). The molecule has 0 spiro atoms. The van der Waals surface area contributed by atoms with Gasteiger partial charge in [-0.3, -0.25) is 4.79 Å². The smallest absolute Gasteiger partial charge is 0.243 e. The molecule has 2 aromatic rings. The molecule has 0 saturated heterocycles. The first-order chi connectivity index (χ1) is 10.3. The minimum absolute atomic E-state index is 0.0245. The molecule has 1 amide bonds. The Bertz CT molecular complexity index is 674. The number of carbonyl (C=O) groups is 1. The van der Waals surface area contributed by atoms with Gasteiger partial charge in [0.15, 0.2) is 0 Å². The highest BCUT2D eigenvalue weighted by atomic mass is 16.5. The van der Waals surface area contributed by atoms with E-state index in [0.29, 0.717) is 6.61 Å². The van der Waals surface area contributed by atoms with Crippen LogP contribution in [0.15, 0.2) is 48.5 Å². The molecule has 0 fully saturated rings. The van der Waals surface area contributed by atoms with E-state index < -0.39 is 0 Å². The molecule has 2 heterocycles. The van der Waals surface area contributed by atoms with Gasteiger partial charge in [0.05, 0.1) is 6.04 Å². The Labute approximate surface area is 123 Å². The second kappa shape index (κ2) is 4.81. The predicted molar refractivity (Wildman–Crippen MR) is 80.4 cm³/mol. The average molecular weight is 280 g/mol. The topological polar surface area (TPSA) is 50.4 Å². The Morgan fingerprint density at radius 2 is 1.95 bits per heavy atom. The minimum Gasteiger partial charge on any atom is -0.491 e. The molecule has 4 heteroatoms. The third-order valence-electron chi connectivity index (χ3n) is 4.10. The molecule has 0 aliphatic carbocycles. The van der Waals surface area contributed by atoms with Crippen LogP contribution in [0, 0.1) is 0 Å². The molecule has 0 saturated carbocycles. The first-order valence-corrected chi connectivity index (χ1v) is 7.18. The number of anilines is 1. The van der Waals surface area contributed by atoms with Gasteiger partial charge in [-0.15, -0.1) is 0 Å². The van der Waals surface area contributed by atoms with Gasteiger partial charge in [0.1, 0.15) is 18.4 Å². The van der Waals surface area contributed by atoms with E-state index in [0.717, 1.165) is 23.4 Å². The van der Waals surface area contributed by atoms with Crippen LogP contribution in [0.25, 0.3) is 0 Å². The zero-order chi connectivity index (χ0) is 14.2. The van der Waals surface area contributed by atoms with Crippen molar-refractivity contribution in [2.24, 2.45) is 0 Å². The Kier molecular flexibility index (Phi) is 2.81. The van der Waals surface area contributed by atoms with Crippen molar-refractivity contribution in [3.63, 3.8) is 0 Å². The Hall–Kier alpha value is -2.49. The van der Waals surface area contributed by atoms with Gasteiger partial charge >= 0.3 is 0 Å². The fourth-order valence-electron chi connectivity index (χ4n) is 3.01. The van der Waals surface area contributed by atoms with Gasteiger partial charge in [-0.2, -0.15) is 0 Å². The van der Waals surface area contributed by atoms with Crippen LogP contribution >= 0.6 is 0 Å². The summed E-state index contributed by atoms with van der Waals surface area (Å²) in [6.45, 7) is 0.505. The van der Waals surface area contributed by atoms with E-state index in [1.807, 2.05) is 42.5 Å². The minimum atomic E-state index is -0.199. The highest BCUT2D eigenvalue weighted by Crippen LogP contribution is 2.32. The molecule has 0 aromatic heterocycles. The van der Waals surface area contributed by atoms with E-state index in [1.165, 1.54) is 5.56 Å². The third kappa shape index (κ3) is 2.13. The van der Waals surface area contributed by atoms with Gasteiger partial charge in [-0.05, 0) is 17.7 Å². The van der Waals surface area contributed by atoms with Crippen LogP contribution in [-0.4, -0.2) is 18.6 Å². The molecular weight excluding hydrogens is 264 g/mol. The number of para-hydroxylation sites is 2. The molecule has 2 atom stereocenters. The maximum atomic E-state index is 12.5. The number of benzene rings is 2. The SMILES string of the molecule is O=C(NC1COc2ccccc21)C1Cc2ccccc2N1. The van der Waals surface area contributed by atoms with E-state index in [2.05, 4.69) is 16.7 Å². The molecule has 4 nitrogen and oxygen atoms in total. The Balaban J connectivity index is 1.47. The summed E-state index contributed by atoms with van der Waals surface area (Å²) in [5.41, 5.74) is 3.31. The van der Waals surface area contributed by atoms with E-state index in [9.17, 15) is 4.79 Å². The number of amides is 1. The van der Waals surface area contributed by atoms with Gasteiger partial charge in [0, 0.05) is 17.7 Å². The fourth-order valence-corrected chi connectivity index (χ4v) is 3.01. The number of nitrogens with one attached hydrogen (secondary N) is 2. The summed E-state index contributed by atoms with van der Waals surface area (Å²) in [5, 5.41) is 6.36. The maximum absolute atomic E-state index is 12.5. The van der Waals surface area contributed by atoms with E-state index in [-0.39, 0.29) is 18.0 Å². The standard InChI is InChI=1S/C17H16N2O2/c20-17(14-9-11-5-1-3-7-13(11)18-14)19-15-10-21-16-8-4-2-6-12(15)16/h1-8,14-15,18H,9-10H2,(H,19,20). The fraction of sp³-hybridized carbons (Fsp3) is 0.235. The van der Waals surface area contributed by atoms with Crippen LogP contribution in [0.3, 0.4) is 0 Å². The molecular formula is C17H16N2O2. The highest BCUT2D eigenvalue weighted by molar-refractivity contribution is 5.87. The van der Waals surface area contributed by atoms with Crippen molar-refractivity contribution >= 4 is 11.6 Å². The number of carbonyl (C=O) groups excluding carboxylic acids is 1. The van der Waals surface area contributed by atoms with Crippen molar-refractivity contribution in [3.8, 4) is 5.75 Å². The van der Waals surface area contributed by atoms with Crippen molar-refractivity contribution < 1.29 is 9.53 Å². The van der Waals surface area contributed by atoms with Gasteiger partial charge in [0.25, 0.3) is 0 Å². The molecule has 2 aliphatic rings. The second-order valence-electron chi connectivity index (χ2n) is 5.47. The van der Waals surface area contributed by atoms with Crippen LogP contribution < -0.4 is 15.4 Å². The summed E-state index contributed by atoms with van der Waals surface area (Å²) < 4.78 is 5.60. The van der Waals surface area contributed by atoms with Crippen LogP contribution in [0.2, 0.25) is 0 Å². The van der Waals surface area contributed by atoms with Crippen LogP contribution in [-0.2, 0) is 11.2 Å². The lowest BCUT2D eigenvalue weighted by Crippen LogP contribution is -2.40. The molecule has 0 bridgehead atoms. The van der Waals surface area contributed by atoms with Gasteiger partial charge in [-0.25, -0.2) is 0 Å². The quantitative estimate of drug-likeness (QED) is 0.887. The lowest BCUT2D eigenvalue weighted by molar-refractivity contribution is -0.122. The molecule has 2 aliphatic heterocycles. The third-order valence-corrected chi connectivity index (χ3v) is 4.10. The van der Waals surface area contributed by atoms with Crippen LogP contribution in [0.4, 0.5) is 5.69 Å². The average Bonchev–Trinajstić information content (AvgIpc) is 3.11. The predicted octanol–water partition coefficient (Wildman–Crippen LogP) is 2.27. The maximum Gasteiger partial charge on any atom is 0.243 e.